The molecule has 0 aliphatic heterocycles. The zero-order valence-corrected chi connectivity index (χ0v) is 16.1. The number of aromatic nitrogens is 1. The molecule has 0 aromatic carbocycles. The number of hydrogen-bond acceptors (Lipinski definition) is 5. The van der Waals surface area contributed by atoms with Crippen molar-refractivity contribution >= 4 is 27.2 Å². The fourth-order valence-electron chi connectivity index (χ4n) is 3.13. The third kappa shape index (κ3) is 5.26. The van der Waals surface area contributed by atoms with E-state index < -0.39 is 10.0 Å². The van der Waals surface area contributed by atoms with Crippen LogP contribution in [0.2, 0.25) is 0 Å². The number of anilines is 1. The van der Waals surface area contributed by atoms with Crippen molar-refractivity contribution in [1.82, 2.24) is 9.71 Å². The van der Waals surface area contributed by atoms with Gasteiger partial charge in [0.2, 0.25) is 10.0 Å². The summed E-state index contributed by atoms with van der Waals surface area (Å²) in [4.78, 5) is 5.76. The van der Waals surface area contributed by atoms with Crippen molar-refractivity contribution in [2.45, 2.75) is 38.6 Å². The highest BCUT2D eigenvalue weighted by Gasteiger charge is 2.22. The lowest BCUT2D eigenvalue weighted by atomic mass is 9.86. The molecule has 25 heavy (non-hydrogen) atoms. The van der Waals surface area contributed by atoms with Gasteiger partial charge in [0.15, 0.2) is 0 Å². The predicted octanol–water partition coefficient (Wildman–Crippen LogP) is 3.72. The zero-order valence-electron chi connectivity index (χ0n) is 14.4. The van der Waals surface area contributed by atoms with Crippen LogP contribution in [-0.4, -0.2) is 31.7 Å². The minimum absolute atomic E-state index is 0.150. The molecule has 0 spiro atoms. The van der Waals surface area contributed by atoms with Gasteiger partial charge in [0.05, 0.1) is 5.75 Å². The summed E-state index contributed by atoms with van der Waals surface area (Å²) in [5.74, 6) is 1.50. The van der Waals surface area contributed by atoms with Gasteiger partial charge in [-0.15, -0.1) is 11.3 Å². The Bertz CT molecular complexity index is 750. The van der Waals surface area contributed by atoms with Crippen molar-refractivity contribution in [3.8, 4) is 10.4 Å². The second-order valence-corrected chi connectivity index (χ2v) is 9.57. The van der Waals surface area contributed by atoms with Gasteiger partial charge in [0.25, 0.3) is 0 Å². The van der Waals surface area contributed by atoms with Gasteiger partial charge in [-0.25, -0.2) is 18.1 Å². The molecule has 0 saturated heterocycles. The van der Waals surface area contributed by atoms with Gasteiger partial charge < -0.3 is 5.32 Å². The van der Waals surface area contributed by atoms with Crippen LogP contribution in [0.1, 0.15) is 32.6 Å². The van der Waals surface area contributed by atoms with Crippen LogP contribution in [0.25, 0.3) is 10.4 Å². The summed E-state index contributed by atoms with van der Waals surface area (Å²) in [5.41, 5.74) is 1.15. The van der Waals surface area contributed by atoms with Crippen molar-refractivity contribution in [2.24, 2.45) is 5.92 Å². The summed E-state index contributed by atoms with van der Waals surface area (Å²) in [6, 6.07) is 8.70. The van der Waals surface area contributed by atoms with E-state index in [-0.39, 0.29) is 5.75 Å². The third-order valence-electron chi connectivity index (χ3n) is 4.74. The number of rotatable bonds is 7. The first-order valence-corrected chi connectivity index (χ1v) is 11.3. The van der Waals surface area contributed by atoms with Crippen LogP contribution in [-0.2, 0) is 10.0 Å². The van der Waals surface area contributed by atoms with Gasteiger partial charge in [-0.2, -0.15) is 0 Å². The Kier molecular flexibility index (Phi) is 6.09. The fraction of sp³-hybridized carbons (Fsp3) is 0.500. The van der Waals surface area contributed by atoms with Crippen LogP contribution in [0.15, 0.2) is 35.8 Å². The zero-order chi connectivity index (χ0) is 17.7. The number of pyridine rings is 1. The van der Waals surface area contributed by atoms with Gasteiger partial charge >= 0.3 is 0 Å². The monoisotopic (exact) mass is 379 g/mol. The fourth-order valence-corrected chi connectivity index (χ4v) is 4.55. The molecule has 1 saturated carbocycles. The number of hydrogen-bond donors (Lipinski definition) is 2. The van der Waals surface area contributed by atoms with E-state index in [0.29, 0.717) is 18.5 Å². The van der Waals surface area contributed by atoms with Gasteiger partial charge in [0, 0.05) is 29.2 Å². The minimum Gasteiger partial charge on any atom is -0.367 e. The molecule has 2 N–H and O–H groups in total. The lowest BCUT2D eigenvalue weighted by molar-refractivity contribution is 0.337. The lowest BCUT2D eigenvalue weighted by Crippen LogP contribution is -2.34. The van der Waals surface area contributed by atoms with Crippen molar-refractivity contribution in [3.05, 3.63) is 35.8 Å². The van der Waals surface area contributed by atoms with Crippen LogP contribution >= 0.6 is 11.3 Å². The molecule has 1 aliphatic carbocycles. The molecule has 2 aromatic heterocycles. The first-order chi connectivity index (χ1) is 12.1. The molecule has 0 radical (unpaired) electrons. The second-order valence-electron chi connectivity index (χ2n) is 6.52. The maximum atomic E-state index is 11.5. The average molecular weight is 380 g/mol. The summed E-state index contributed by atoms with van der Waals surface area (Å²) >= 11 is 1.72. The summed E-state index contributed by atoms with van der Waals surface area (Å²) in [7, 11) is -3.08. The molecule has 1 fully saturated rings. The minimum atomic E-state index is -3.08. The third-order valence-corrected chi connectivity index (χ3v) is 7.03. The molecule has 2 aromatic rings. The Labute approximate surface area is 153 Å². The van der Waals surface area contributed by atoms with E-state index in [1.54, 1.807) is 18.3 Å². The van der Waals surface area contributed by atoms with Gasteiger partial charge in [-0.3, -0.25) is 0 Å². The van der Waals surface area contributed by atoms with E-state index in [1.165, 1.54) is 4.88 Å². The maximum Gasteiger partial charge on any atom is 0.211 e. The Morgan fingerprint density at radius 1 is 1.20 bits per heavy atom. The van der Waals surface area contributed by atoms with Crippen LogP contribution in [0.4, 0.5) is 5.82 Å². The van der Waals surface area contributed by atoms with Crippen molar-refractivity contribution in [2.75, 3.05) is 17.6 Å². The van der Waals surface area contributed by atoms with E-state index in [1.807, 2.05) is 18.3 Å². The Morgan fingerprint density at radius 2 is 2.00 bits per heavy atom. The highest BCUT2D eigenvalue weighted by atomic mass is 32.2. The molecular weight excluding hydrogens is 354 g/mol. The van der Waals surface area contributed by atoms with Gasteiger partial charge in [-0.1, -0.05) is 6.07 Å². The number of thiophene rings is 1. The highest BCUT2D eigenvalue weighted by Crippen LogP contribution is 2.27. The smallest absolute Gasteiger partial charge is 0.211 e. The van der Waals surface area contributed by atoms with Crippen LogP contribution in [0.5, 0.6) is 0 Å². The van der Waals surface area contributed by atoms with E-state index in [0.717, 1.165) is 37.1 Å². The number of nitrogens with zero attached hydrogens (tertiary/aromatic N) is 1. The summed E-state index contributed by atoms with van der Waals surface area (Å²) in [6.07, 6.45) is 6.09. The van der Waals surface area contributed by atoms with Gasteiger partial charge in [0.1, 0.15) is 5.82 Å². The molecule has 0 unspecified atom stereocenters. The molecule has 7 heteroatoms. The Balaban J connectivity index is 1.46. The molecule has 3 rings (SSSR count). The van der Waals surface area contributed by atoms with Crippen molar-refractivity contribution in [3.63, 3.8) is 0 Å². The Morgan fingerprint density at radius 3 is 2.60 bits per heavy atom. The molecular formula is C18H25N3O2S2. The largest absolute Gasteiger partial charge is 0.367 e. The maximum absolute atomic E-state index is 11.5. The summed E-state index contributed by atoms with van der Waals surface area (Å²) < 4.78 is 25.8. The molecule has 0 amide bonds. The lowest BCUT2D eigenvalue weighted by Gasteiger charge is -2.29. The average Bonchev–Trinajstić information content (AvgIpc) is 3.17. The van der Waals surface area contributed by atoms with Crippen LogP contribution in [0.3, 0.4) is 0 Å². The highest BCUT2D eigenvalue weighted by molar-refractivity contribution is 7.89. The molecule has 0 bridgehead atoms. The summed E-state index contributed by atoms with van der Waals surface area (Å²) in [5, 5.41) is 5.58. The molecule has 5 nitrogen and oxygen atoms in total. The molecule has 2 heterocycles. The number of sulfonamides is 1. The quantitative estimate of drug-likeness (QED) is 0.769. The first-order valence-electron chi connectivity index (χ1n) is 8.79. The van der Waals surface area contributed by atoms with Crippen molar-refractivity contribution in [1.29, 1.82) is 0 Å². The topological polar surface area (TPSA) is 71.1 Å². The van der Waals surface area contributed by atoms with E-state index in [9.17, 15) is 8.42 Å². The van der Waals surface area contributed by atoms with Gasteiger partial charge in [-0.05, 0) is 62.1 Å². The predicted molar refractivity (Wildman–Crippen MR) is 104 cm³/mol. The van der Waals surface area contributed by atoms with Crippen LogP contribution < -0.4 is 10.0 Å². The van der Waals surface area contributed by atoms with Crippen molar-refractivity contribution < 1.29 is 8.42 Å². The summed E-state index contributed by atoms with van der Waals surface area (Å²) in [6.45, 7) is 2.23. The standard InChI is InChI=1S/C18H25N3O2S2/c1-2-25(22,23)20-12-14-5-8-16(9-6-14)21-18-10-7-15(13-19-18)17-4-3-11-24-17/h3-4,7,10-11,13-14,16,20H,2,5-6,8-9,12H2,1H3,(H,19,21)/t14-,16-. The molecule has 0 atom stereocenters. The van der Waals surface area contributed by atoms with Crippen LogP contribution in [0, 0.1) is 5.92 Å². The van der Waals surface area contributed by atoms with E-state index in [4.69, 9.17) is 0 Å². The second kappa shape index (κ2) is 8.29. The van der Waals surface area contributed by atoms with E-state index in [2.05, 4.69) is 32.5 Å². The SMILES string of the molecule is CCS(=O)(=O)NC[C@H]1CC[C@H](Nc2ccc(-c3cccs3)cn2)CC1. The number of nitrogens with one attached hydrogen (secondary N) is 2. The molecule has 136 valence electrons. The molecule has 1 aliphatic rings. The first kappa shape index (κ1) is 18.4. The Hall–Kier alpha value is -1.44. The normalized spacial score (nSPS) is 21.2. The van der Waals surface area contributed by atoms with E-state index >= 15 is 0 Å².